The number of nitrogens with one attached hydrogen (secondary N) is 2. The van der Waals surface area contributed by atoms with Crippen molar-refractivity contribution < 1.29 is 9.53 Å². The Kier molecular flexibility index (Phi) is 7.77. The zero-order valence-corrected chi connectivity index (χ0v) is 16.7. The van der Waals surface area contributed by atoms with Gasteiger partial charge in [0, 0.05) is 38.0 Å². The summed E-state index contributed by atoms with van der Waals surface area (Å²) < 4.78 is 5.51. The standard InChI is InChI=1S/C21H39N3O2/c1-18(19-5-9-22-10-6-19)15-20(25)23-16-21(7-3-2-4-8-21)17-24-11-13-26-14-12-24/h18-19,22H,2-17H2,1H3,(H,23,25). The average molecular weight is 366 g/mol. The molecule has 1 amide bonds. The molecular formula is C21H39N3O2. The van der Waals surface area contributed by atoms with Crippen LogP contribution in [0.1, 0.15) is 58.3 Å². The smallest absolute Gasteiger partial charge is 0.220 e. The van der Waals surface area contributed by atoms with E-state index in [0.29, 0.717) is 18.3 Å². The Morgan fingerprint density at radius 1 is 1.19 bits per heavy atom. The van der Waals surface area contributed by atoms with Gasteiger partial charge < -0.3 is 15.4 Å². The molecule has 0 aromatic heterocycles. The number of morpholine rings is 1. The van der Waals surface area contributed by atoms with Crippen molar-refractivity contribution in [3.8, 4) is 0 Å². The van der Waals surface area contributed by atoms with E-state index in [9.17, 15) is 4.79 Å². The van der Waals surface area contributed by atoms with E-state index >= 15 is 0 Å². The minimum atomic E-state index is 0.267. The van der Waals surface area contributed by atoms with E-state index in [0.717, 1.165) is 52.5 Å². The monoisotopic (exact) mass is 365 g/mol. The van der Waals surface area contributed by atoms with Crippen LogP contribution >= 0.6 is 0 Å². The van der Waals surface area contributed by atoms with Crippen molar-refractivity contribution in [3.63, 3.8) is 0 Å². The first-order valence-electron chi connectivity index (χ1n) is 10.9. The van der Waals surface area contributed by atoms with Crippen molar-refractivity contribution in [1.82, 2.24) is 15.5 Å². The summed E-state index contributed by atoms with van der Waals surface area (Å²) in [6, 6.07) is 0. The molecule has 0 aromatic carbocycles. The van der Waals surface area contributed by atoms with Gasteiger partial charge in [-0.25, -0.2) is 0 Å². The normalized spacial score (nSPS) is 26.3. The van der Waals surface area contributed by atoms with Crippen molar-refractivity contribution in [2.45, 2.75) is 58.3 Å². The predicted molar refractivity (Wildman–Crippen MR) is 105 cm³/mol. The number of nitrogens with zero attached hydrogens (tertiary/aromatic N) is 1. The highest BCUT2D eigenvalue weighted by Crippen LogP contribution is 2.37. The second-order valence-corrected chi connectivity index (χ2v) is 8.99. The van der Waals surface area contributed by atoms with E-state index in [1.165, 1.54) is 44.9 Å². The Hall–Kier alpha value is -0.650. The minimum absolute atomic E-state index is 0.267. The summed E-state index contributed by atoms with van der Waals surface area (Å²) in [5.41, 5.74) is 0.281. The van der Waals surface area contributed by atoms with Crippen molar-refractivity contribution >= 4 is 5.91 Å². The highest BCUT2D eigenvalue weighted by atomic mass is 16.5. The molecular weight excluding hydrogens is 326 g/mol. The molecule has 3 aliphatic rings. The maximum Gasteiger partial charge on any atom is 0.220 e. The van der Waals surface area contributed by atoms with Crippen LogP contribution in [-0.4, -0.2) is 63.3 Å². The Morgan fingerprint density at radius 3 is 2.58 bits per heavy atom. The van der Waals surface area contributed by atoms with Crippen LogP contribution in [0, 0.1) is 17.3 Å². The fourth-order valence-corrected chi connectivity index (χ4v) is 5.16. The summed E-state index contributed by atoms with van der Waals surface area (Å²) >= 11 is 0. The van der Waals surface area contributed by atoms with Gasteiger partial charge in [-0.1, -0.05) is 26.2 Å². The molecule has 2 N–H and O–H groups in total. The molecule has 1 aliphatic carbocycles. The van der Waals surface area contributed by atoms with Crippen LogP contribution in [0.15, 0.2) is 0 Å². The lowest BCUT2D eigenvalue weighted by atomic mass is 9.73. The van der Waals surface area contributed by atoms with Crippen LogP contribution in [-0.2, 0) is 9.53 Å². The molecule has 5 heteroatoms. The topological polar surface area (TPSA) is 53.6 Å². The summed E-state index contributed by atoms with van der Waals surface area (Å²) in [6.45, 7) is 10.3. The van der Waals surface area contributed by atoms with Gasteiger partial charge in [0.2, 0.25) is 5.91 Å². The van der Waals surface area contributed by atoms with Crippen LogP contribution in [0.3, 0.4) is 0 Å². The highest BCUT2D eigenvalue weighted by Gasteiger charge is 2.35. The van der Waals surface area contributed by atoms with E-state index in [1.807, 2.05) is 0 Å². The van der Waals surface area contributed by atoms with Crippen LogP contribution in [0.2, 0.25) is 0 Å². The number of carbonyl (C=O) groups is 1. The SMILES string of the molecule is CC(CC(=O)NCC1(CN2CCOCC2)CCCCC1)C1CCNCC1. The van der Waals surface area contributed by atoms with Crippen LogP contribution in [0.5, 0.6) is 0 Å². The van der Waals surface area contributed by atoms with Crippen molar-refractivity contribution in [1.29, 1.82) is 0 Å². The summed E-state index contributed by atoms with van der Waals surface area (Å²) in [7, 11) is 0. The number of rotatable bonds is 7. The largest absolute Gasteiger partial charge is 0.379 e. The number of carbonyl (C=O) groups excluding carboxylic acids is 1. The Morgan fingerprint density at radius 2 is 1.88 bits per heavy atom. The van der Waals surface area contributed by atoms with Gasteiger partial charge in [0.1, 0.15) is 0 Å². The first-order chi connectivity index (χ1) is 12.7. The third kappa shape index (κ3) is 5.93. The number of ether oxygens (including phenoxy) is 1. The third-order valence-corrected chi connectivity index (χ3v) is 6.93. The first kappa shape index (κ1) is 20.1. The molecule has 2 aliphatic heterocycles. The molecule has 3 rings (SSSR count). The molecule has 1 saturated carbocycles. The number of hydrogen-bond acceptors (Lipinski definition) is 4. The van der Waals surface area contributed by atoms with Crippen LogP contribution < -0.4 is 10.6 Å². The summed E-state index contributed by atoms with van der Waals surface area (Å²) in [5, 5.41) is 6.76. The fraction of sp³-hybridized carbons (Fsp3) is 0.952. The van der Waals surface area contributed by atoms with Gasteiger partial charge in [-0.3, -0.25) is 9.69 Å². The van der Waals surface area contributed by atoms with Gasteiger partial charge in [0.05, 0.1) is 13.2 Å². The molecule has 150 valence electrons. The predicted octanol–water partition coefficient (Wildman–Crippen LogP) is 2.41. The van der Waals surface area contributed by atoms with Gasteiger partial charge >= 0.3 is 0 Å². The fourth-order valence-electron chi connectivity index (χ4n) is 5.16. The maximum atomic E-state index is 12.6. The zero-order valence-electron chi connectivity index (χ0n) is 16.7. The Labute approximate surface area is 159 Å². The lowest BCUT2D eigenvalue weighted by Gasteiger charge is -2.42. The summed E-state index contributed by atoms with van der Waals surface area (Å²) in [4.78, 5) is 15.2. The second kappa shape index (κ2) is 10.0. The molecule has 0 spiro atoms. The van der Waals surface area contributed by atoms with E-state index in [4.69, 9.17) is 4.74 Å². The van der Waals surface area contributed by atoms with Crippen molar-refractivity contribution in [3.05, 3.63) is 0 Å². The zero-order chi connectivity index (χ0) is 18.2. The molecule has 5 nitrogen and oxygen atoms in total. The summed E-state index contributed by atoms with van der Waals surface area (Å²) in [5.74, 6) is 1.47. The number of piperidine rings is 1. The molecule has 2 heterocycles. The average Bonchev–Trinajstić information content (AvgIpc) is 2.69. The molecule has 1 atom stereocenters. The van der Waals surface area contributed by atoms with E-state index in [1.54, 1.807) is 0 Å². The lowest BCUT2D eigenvalue weighted by Crippen LogP contribution is -2.49. The first-order valence-corrected chi connectivity index (χ1v) is 10.9. The number of amides is 1. The lowest BCUT2D eigenvalue weighted by molar-refractivity contribution is -0.123. The molecule has 0 aromatic rings. The second-order valence-electron chi connectivity index (χ2n) is 8.99. The highest BCUT2D eigenvalue weighted by molar-refractivity contribution is 5.76. The third-order valence-electron chi connectivity index (χ3n) is 6.93. The van der Waals surface area contributed by atoms with Gasteiger partial charge in [0.25, 0.3) is 0 Å². The van der Waals surface area contributed by atoms with E-state index < -0.39 is 0 Å². The minimum Gasteiger partial charge on any atom is -0.379 e. The van der Waals surface area contributed by atoms with Crippen molar-refractivity contribution in [2.24, 2.45) is 17.3 Å². The van der Waals surface area contributed by atoms with Crippen LogP contribution in [0.25, 0.3) is 0 Å². The quantitative estimate of drug-likeness (QED) is 0.727. The van der Waals surface area contributed by atoms with E-state index in [-0.39, 0.29) is 11.3 Å². The molecule has 0 radical (unpaired) electrons. The maximum absolute atomic E-state index is 12.6. The molecule has 26 heavy (non-hydrogen) atoms. The van der Waals surface area contributed by atoms with E-state index in [2.05, 4.69) is 22.5 Å². The Bertz CT molecular complexity index is 425. The molecule has 2 saturated heterocycles. The number of hydrogen-bond donors (Lipinski definition) is 2. The molecule has 0 bridgehead atoms. The van der Waals surface area contributed by atoms with Crippen LogP contribution in [0.4, 0.5) is 0 Å². The molecule has 3 fully saturated rings. The van der Waals surface area contributed by atoms with Crippen molar-refractivity contribution in [2.75, 3.05) is 52.5 Å². The Balaban J connectivity index is 1.47. The molecule has 1 unspecified atom stereocenters. The van der Waals surface area contributed by atoms with Gasteiger partial charge in [-0.15, -0.1) is 0 Å². The van der Waals surface area contributed by atoms with Gasteiger partial charge in [-0.2, -0.15) is 0 Å². The van der Waals surface area contributed by atoms with Gasteiger partial charge in [0.15, 0.2) is 0 Å². The summed E-state index contributed by atoms with van der Waals surface area (Å²) in [6.07, 6.45) is 9.62. The van der Waals surface area contributed by atoms with Gasteiger partial charge in [-0.05, 0) is 50.6 Å².